The second kappa shape index (κ2) is 7.03. The number of amides is 2. The number of hydrogen-bond donors (Lipinski definition) is 3. The Hall–Kier alpha value is -0.910. The molecule has 1 aliphatic carbocycles. The summed E-state index contributed by atoms with van der Waals surface area (Å²) in [6.45, 7) is 3.46. The Kier molecular flexibility index (Phi) is 5.97. The van der Waals surface area contributed by atoms with Gasteiger partial charge in [0.1, 0.15) is 5.54 Å². The maximum Gasteiger partial charge on any atom is 0.329 e. The first kappa shape index (κ1) is 16.1. The zero-order valence-electron chi connectivity index (χ0n) is 11.9. The van der Waals surface area contributed by atoms with E-state index in [0.717, 1.165) is 19.3 Å². The molecule has 3 N–H and O–H groups in total. The van der Waals surface area contributed by atoms with Crippen LogP contribution in [0.1, 0.15) is 46.0 Å². The van der Waals surface area contributed by atoms with Crippen LogP contribution in [-0.4, -0.2) is 40.2 Å². The molecule has 0 aromatic heterocycles. The van der Waals surface area contributed by atoms with Gasteiger partial charge >= 0.3 is 12.0 Å². The number of carboxylic acid groups (broad SMARTS) is 1. The average molecular weight is 288 g/mol. The fourth-order valence-electron chi connectivity index (χ4n) is 2.55. The zero-order valence-corrected chi connectivity index (χ0v) is 12.7. The number of aliphatic carboxylic acids is 1. The molecule has 0 heterocycles. The summed E-state index contributed by atoms with van der Waals surface area (Å²) in [7, 11) is 0. The van der Waals surface area contributed by atoms with E-state index in [2.05, 4.69) is 10.6 Å². The molecule has 0 saturated heterocycles. The van der Waals surface area contributed by atoms with Crippen LogP contribution in [0.4, 0.5) is 4.79 Å². The van der Waals surface area contributed by atoms with Gasteiger partial charge in [-0.15, -0.1) is 0 Å². The Labute approximate surface area is 118 Å². The van der Waals surface area contributed by atoms with Gasteiger partial charge in [0.05, 0.1) is 0 Å². The van der Waals surface area contributed by atoms with Gasteiger partial charge in [-0.3, -0.25) is 0 Å². The number of rotatable bonds is 6. The maximum absolute atomic E-state index is 12.0. The van der Waals surface area contributed by atoms with E-state index in [9.17, 15) is 14.7 Å². The minimum Gasteiger partial charge on any atom is -0.480 e. The predicted octanol–water partition coefficient (Wildman–Crippen LogP) is 2.21. The fourth-order valence-corrected chi connectivity index (χ4v) is 3.49. The Morgan fingerprint density at radius 3 is 2.63 bits per heavy atom. The van der Waals surface area contributed by atoms with Gasteiger partial charge in [-0.2, -0.15) is 11.8 Å². The van der Waals surface area contributed by atoms with Crippen LogP contribution >= 0.6 is 11.8 Å². The Balaban J connectivity index is 2.56. The van der Waals surface area contributed by atoms with Gasteiger partial charge in [0, 0.05) is 11.3 Å². The second-order valence-corrected chi connectivity index (χ2v) is 6.37. The molecule has 1 rings (SSSR count). The van der Waals surface area contributed by atoms with Gasteiger partial charge < -0.3 is 15.7 Å². The third-order valence-electron chi connectivity index (χ3n) is 3.68. The first-order valence-corrected chi connectivity index (χ1v) is 8.06. The third-order valence-corrected chi connectivity index (χ3v) is 4.85. The van der Waals surface area contributed by atoms with Crippen molar-refractivity contribution in [3.05, 3.63) is 0 Å². The lowest BCUT2D eigenvalue weighted by atomic mass is 9.96. The summed E-state index contributed by atoms with van der Waals surface area (Å²) in [5.74, 6) is -0.989. The molecule has 0 spiro atoms. The molecule has 19 heavy (non-hydrogen) atoms. The molecule has 0 aromatic rings. The summed E-state index contributed by atoms with van der Waals surface area (Å²) in [6.07, 6.45) is 6.36. The van der Waals surface area contributed by atoms with E-state index in [1.165, 1.54) is 0 Å². The standard InChI is InChI=1S/C13H24N2O3S/c1-4-8-13(2,11(16)17)15-12(18)14-9-6-5-7-10(9)19-3/h9-10H,4-8H2,1-3H3,(H,16,17)(H2,14,15,18). The highest BCUT2D eigenvalue weighted by Crippen LogP contribution is 2.28. The van der Waals surface area contributed by atoms with Crippen molar-refractivity contribution in [2.45, 2.75) is 62.8 Å². The minimum absolute atomic E-state index is 0.148. The minimum atomic E-state index is -1.19. The van der Waals surface area contributed by atoms with Crippen LogP contribution in [0.5, 0.6) is 0 Å². The second-order valence-electron chi connectivity index (χ2n) is 5.30. The Bertz CT molecular complexity index is 338. The van der Waals surface area contributed by atoms with Crippen LogP contribution in [0.25, 0.3) is 0 Å². The van der Waals surface area contributed by atoms with E-state index < -0.39 is 11.5 Å². The van der Waals surface area contributed by atoms with Gasteiger partial charge in [0.2, 0.25) is 0 Å². The lowest BCUT2D eigenvalue weighted by Crippen LogP contribution is -2.57. The number of carbonyl (C=O) groups excluding carboxylic acids is 1. The lowest BCUT2D eigenvalue weighted by molar-refractivity contribution is -0.144. The molecule has 0 radical (unpaired) electrons. The predicted molar refractivity (Wildman–Crippen MR) is 77.6 cm³/mol. The first-order chi connectivity index (χ1) is 8.92. The van der Waals surface area contributed by atoms with Gasteiger partial charge in [-0.05, 0) is 32.4 Å². The largest absolute Gasteiger partial charge is 0.480 e. The molecule has 3 unspecified atom stereocenters. The third kappa shape index (κ3) is 4.30. The number of urea groups is 1. The number of carbonyl (C=O) groups is 2. The van der Waals surface area contributed by atoms with Gasteiger partial charge in [-0.1, -0.05) is 19.8 Å². The van der Waals surface area contributed by atoms with Gasteiger partial charge in [-0.25, -0.2) is 9.59 Å². The SMILES string of the molecule is CCCC(C)(NC(=O)NC1CCCC1SC)C(=O)O. The fraction of sp³-hybridized carbons (Fsp3) is 0.846. The van der Waals surface area contributed by atoms with Crippen molar-refractivity contribution in [1.82, 2.24) is 10.6 Å². The van der Waals surface area contributed by atoms with Crippen molar-refractivity contribution in [3.63, 3.8) is 0 Å². The number of nitrogens with one attached hydrogen (secondary N) is 2. The summed E-state index contributed by atoms with van der Waals surface area (Å²) >= 11 is 1.76. The molecular weight excluding hydrogens is 264 g/mol. The van der Waals surface area contributed by atoms with E-state index in [1.807, 2.05) is 13.2 Å². The normalized spacial score (nSPS) is 25.6. The Morgan fingerprint density at radius 2 is 2.11 bits per heavy atom. The summed E-state index contributed by atoms with van der Waals surface area (Å²) < 4.78 is 0. The Morgan fingerprint density at radius 1 is 1.42 bits per heavy atom. The van der Waals surface area contributed by atoms with E-state index in [1.54, 1.807) is 18.7 Å². The molecule has 5 nitrogen and oxygen atoms in total. The summed E-state index contributed by atoms with van der Waals surface area (Å²) in [5.41, 5.74) is -1.19. The molecule has 3 atom stereocenters. The molecule has 1 fully saturated rings. The van der Waals surface area contributed by atoms with Crippen LogP contribution in [0, 0.1) is 0 Å². The van der Waals surface area contributed by atoms with Crippen molar-refractivity contribution in [3.8, 4) is 0 Å². The summed E-state index contributed by atoms with van der Waals surface area (Å²) in [5, 5.41) is 15.2. The number of hydrogen-bond acceptors (Lipinski definition) is 3. The molecule has 110 valence electrons. The van der Waals surface area contributed by atoms with Crippen LogP contribution in [0.3, 0.4) is 0 Å². The summed E-state index contributed by atoms with van der Waals surface area (Å²) in [4.78, 5) is 23.2. The van der Waals surface area contributed by atoms with Crippen LogP contribution in [-0.2, 0) is 4.79 Å². The molecule has 1 aliphatic rings. The van der Waals surface area contributed by atoms with E-state index in [-0.39, 0.29) is 12.1 Å². The molecular formula is C13H24N2O3S. The van der Waals surface area contributed by atoms with Crippen molar-refractivity contribution in [2.24, 2.45) is 0 Å². The highest BCUT2D eigenvalue weighted by atomic mass is 32.2. The van der Waals surface area contributed by atoms with Crippen molar-refractivity contribution >= 4 is 23.8 Å². The highest BCUT2D eigenvalue weighted by Gasteiger charge is 2.35. The first-order valence-electron chi connectivity index (χ1n) is 6.77. The van der Waals surface area contributed by atoms with Crippen molar-refractivity contribution in [1.29, 1.82) is 0 Å². The van der Waals surface area contributed by atoms with Crippen LogP contribution in [0.2, 0.25) is 0 Å². The molecule has 0 aromatic carbocycles. The topological polar surface area (TPSA) is 78.4 Å². The molecule has 2 amide bonds. The smallest absolute Gasteiger partial charge is 0.329 e. The van der Waals surface area contributed by atoms with Gasteiger partial charge in [0.25, 0.3) is 0 Å². The van der Waals surface area contributed by atoms with Crippen LogP contribution in [0.15, 0.2) is 0 Å². The van der Waals surface area contributed by atoms with Crippen molar-refractivity contribution in [2.75, 3.05) is 6.26 Å². The molecule has 0 bridgehead atoms. The summed E-state index contributed by atoms with van der Waals surface area (Å²) in [6, 6.07) is -0.223. The van der Waals surface area contributed by atoms with E-state index in [4.69, 9.17) is 0 Å². The molecule has 6 heteroatoms. The monoisotopic (exact) mass is 288 g/mol. The number of carboxylic acids is 1. The quantitative estimate of drug-likeness (QED) is 0.700. The lowest BCUT2D eigenvalue weighted by Gasteiger charge is -2.28. The maximum atomic E-state index is 12.0. The van der Waals surface area contributed by atoms with Gasteiger partial charge in [0.15, 0.2) is 0 Å². The molecule has 0 aliphatic heterocycles. The van der Waals surface area contributed by atoms with E-state index >= 15 is 0 Å². The number of thioether (sulfide) groups is 1. The van der Waals surface area contributed by atoms with E-state index in [0.29, 0.717) is 18.1 Å². The molecule has 1 saturated carbocycles. The highest BCUT2D eigenvalue weighted by molar-refractivity contribution is 7.99. The van der Waals surface area contributed by atoms with Crippen molar-refractivity contribution < 1.29 is 14.7 Å². The zero-order chi connectivity index (χ0) is 14.5. The van der Waals surface area contributed by atoms with Crippen LogP contribution < -0.4 is 10.6 Å². The average Bonchev–Trinajstić information content (AvgIpc) is 2.75.